The van der Waals surface area contributed by atoms with Gasteiger partial charge in [0.2, 0.25) is 0 Å². The molecule has 0 radical (unpaired) electrons. The number of rotatable bonds is 5. The van der Waals surface area contributed by atoms with Crippen molar-refractivity contribution in [2.24, 2.45) is 0 Å². The lowest BCUT2D eigenvalue weighted by Gasteiger charge is -2.14. The second-order valence-corrected chi connectivity index (χ2v) is 5.13. The minimum Gasteiger partial charge on any atom is -0.394 e. The summed E-state index contributed by atoms with van der Waals surface area (Å²) in [6.07, 6.45) is 4.06. The minimum atomic E-state index is -0.608. The summed E-state index contributed by atoms with van der Waals surface area (Å²) in [6, 6.07) is 1.55. The predicted octanol–water partition coefficient (Wildman–Crippen LogP) is 0.668. The molecule has 1 aromatic rings. The zero-order chi connectivity index (χ0) is 12.4. The molecule has 1 amide bonds. The number of nitrogens with zero attached hydrogens (tertiary/aromatic N) is 1. The number of aromatic nitrogens is 1. The molecule has 0 aliphatic heterocycles. The molecule has 1 aliphatic carbocycles. The lowest BCUT2D eigenvalue weighted by molar-refractivity contribution is 0.0870. The Labute approximate surface area is 108 Å². The third-order valence-corrected chi connectivity index (χ3v) is 3.20. The van der Waals surface area contributed by atoms with Gasteiger partial charge in [0.25, 0.3) is 5.91 Å². The highest BCUT2D eigenvalue weighted by Gasteiger charge is 2.28. The molecular formula is C11H15BrN2O3. The molecule has 0 saturated heterocycles. The van der Waals surface area contributed by atoms with Crippen LogP contribution in [0.1, 0.15) is 29.4 Å². The molecule has 17 heavy (non-hydrogen) atoms. The second-order valence-electron chi connectivity index (χ2n) is 4.22. The largest absolute Gasteiger partial charge is 0.394 e. The Morgan fingerprint density at radius 2 is 2.18 bits per heavy atom. The molecule has 0 atom stereocenters. The van der Waals surface area contributed by atoms with E-state index in [2.05, 4.69) is 21.2 Å². The van der Waals surface area contributed by atoms with Crippen LogP contribution in [0.15, 0.2) is 16.7 Å². The fraction of sp³-hybridized carbons (Fsp3) is 0.545. The maximum atomic E-state index is 12.0. The topological polar surface area (TPSA) is 74.5 Å². The second kappa shape index (κ2) is 5.20. The third-order valence-electron chi connectivity index (χ3n) is 2.76. The number of amides is 1. The number of hydrogen-bond donors (Lipinski definition) is 3. The van der Waals surface area contributed by atoms with Crippen molar-refractivity contribution in [3.8, 4) is 0 Å². The van der Waals surface area contributed by atoms with Crippen molar-refractivity contribution in [2.75, 3.05) is 13.2 Å². The quantitative estimate of drug-likeness (QED) is 0.748. The molecule has 1 aliphatic rings. The highest BCUT2D eigenvalue weighted by Crippen LogP contribution is 2.37. The molecule has 1 saturated carbocycles. The monoisotopic (exact) mass is 302 g/mol. The summed E-state index contributed by atoms with van der Waals surface area (Å²) in [5.74, 6) is -0.268. The molecule has 1 fully saturated rings. The molecule has 5 nitrogen and oxygen atoms in total. The van der Waals surface area contributed by atoms with Crippen molar-refractivity contribution < 1.29 is 15.0 Å². The number of aliphatic hydroxyl groups is 2. The van der Waals surface area contributed by atoms with E-state index in [9.17, 15) is 4.79 Å². The average molecular weight is 303 g/mol. The van der Waals surface area contributed by atoms with Crippen LogP contribution in [0, 0.1) is 0 Å². The van der Waals surface area contributed by atoms with Gasteiger partial charge in [0.15, 0.2) is 0 Å². The summed E-state index contributed by atoms with van der Waals surface area (Å²) in [5.41, 5.74) is 0.561. The van der Waals surface area contributed by atoms with E-state index in [-0.39, 0.29) is 19.1 Å². The Bertz CT molecular complexity index is 411. The molecule has 0 spiro atoms. The molecule has 2 rings (SSSR count). The molecular weight excluding hydrogens is 288 g/mol. The molecule has 94 valence electrons. The van der Waals surface area contributed by atoms with Gasteiger partial charge in [0.05, 0.1) is 19.3 Å². The summed E-state index contributed by atoms with van der Waals surface area (Å²) in [5, 5.41) is 20.4. The number of nitrogens with one attached hydrogen (secondary N) is 1. The fourth-order valence-electron chi connectivity index (χ4n) is 1.69. The molecule has 3 N–H and O–H groups in total. The van der Waals surface area contributed by atoms with Crippen molar-refractivity contribution in [3.05, 3.63) is 22.4 Å². The Hall–Kier alpha value is -0.850. The van der Waals surface area contributed by atoms with Crippen molar-refractivity contribution in [1.82, 2.24) is 9.88 Å². The van der Waals surface area contributed by atoms with E-state index >= 15 is 0 Å². The minimum absolute atomic E-state index is 0.268. The highest BCUT2D eigenvalue weighted by atomic mass is 79.9. The highest BCUT2D eigenvalue weighted by molar-refractivity contribution is 9.10. The van der Waals surface area contributed by atoms with Crippen molar-refractivity contribution in [3.63, 3.8) is 0 Å². The van der Waals surface area contributed by atoms with Gasteiger partial charge in [-0.05, 0) is 34.8 Å². The standard InChI is InChI=1S/C11H15BrN2O3/c12-7-3-10(14(4-7)9-1-2-9)11(17)13-8(5-15)6-16/h3-4,8-9,15-16H,1-2,5-6H2,(H,13,17). The lowest BCUT2D eigenvalue weighted by atomic mass is 10.3. The first-order valence-corrected chi connectivity index (χ1v) is 6.35. The van der Waals surface area contributed by atoms with Crippen LogP contribution < -0.4 is 5.32 Å². The Morgan fingerprint density at radius 3 is 2.71 bits per heavy atom. The van der Waals surface area contributed by atoms with Crippen LogP contribution in [0.5, 0.6) is 0 Å². The van der Waals surface area contributed by atoms with E-state index in [1.54, 1.807) is 6.07 Å². The van der Waals surface area contributed by atoms with Gasteiger partial charge in [-0.15, -0.1) is 0 Å². The van der Waals surface area contributed by atoms with E-state index in [4.69, 9.17) is 10.2 Å². The van der Waals surface area contributed by atoms with Gasteiger partial charge in [-0.2, -0.15) is 0 Å². The normalized spacial score (nSPS) is 15.3. The number of aliphatic hydroxyl groups excluding tert-OH is 2. The van der Waals surface area contributed by atoms with E-state index < -0.39 is 6.04 Å². The molecule has 1 aromatic heterocycles. The maximum Gasteiger partial charge on any atom is 0.268 e. The summed E-state index contributed by atoms with van der Waals surface area (Å²) >= 11 is 3.35. The fourth-order valence-corrected chi connectivity index (χ4v) is 2.13. The number of carbonyl (C=O) groups excluding carboxylic acids is 1. The van der Waals surface area contributed by atoms with E-state index in [0.717, 1.165) is 17.3 Å². The SMILES string of the molecule is O=C(NC(CO)CO)c1cc(Br)cn1C1CC1. The number of halogens is 1. The van der Waals surface area contributed by atoms with Gasteiger partial charge < -0.3 is 20.1 Å². The van der Waals surface area contributed by atoms with Crippen LogP contribution in [0.25, 0.3) is 0 Å². The van der Waals surface area contributed by atoms with Crippen LogP contribution in [0.4, 0.5) is 0 Å². The molecule has 0 unspecified atom stereocenters. The van der Waals surface area contributed by atoms with Gasteiger partial charge in [-0.1, -0.05) is 0 Å². The first-order chi connectivity index (χ1) is 8.15. The number of carbonyl (C=O) groups is 1. The third kappa shape index (κ3) is 2.88. The van der Waals surface area contributed by atoms with Gasteiger partial charge in [0, 0.05) is 16.7 Å². The van der Waals surface area contributed by atoms with Crippen molar-refractivity contribution in [1.29, 1.82) is 0 Å². The van der Waals surface area contributed by atoms with Crippen LogP contribution >= 0.6 is 15.9 Å². The lowest BCUT2D eigenvalue weighted by Crippen LogP contribution is -2.40. The first-order valence-electron chi connectivity index (χ1n) is 5.55. The summed E-state index contributed by atoms with van der Waals surface area (Å²) in [7, 11) is 0. The van der Waals surface area contributed by atoms with Crippen LogP contribution in [-0.4, -0.2) is 39.9 Å². The average Bonchev–Trinajstić information content (AvgIpc) is 3.09. The molecule has 1 heterocycles. The van der Waals surface area contributed by atoms with Gasteiger partial charge >= 0.3 is 0 Å². The van der Waals surface area contributed by atoms with Crippen LogP contribution in [-0.2, 0) is 0 Å². The number of hydrogen-bond acceptors (Lipinski definition) is 3. The molecule has 6 heteroatoms. The first kappa shape index (κ1) is 12.6. The predicted molar refractivity (Wildman–Crippen MR) is 65.8 cm³/mol. The van der Waals surface area contributed by atoms with E-state index in [1.807, 2.05) is 10.8 Å². The van der Waals surface area contributed by atoms with E-state index in [1.165, 1.54) is 0 Å². The van der Waals surface area contributed by atoms with Gasteiger partial charge in [-0.3, -0.25) is 4.79 Å². The maximum absolute atomic E-state index is 12.0. The molecule has 0 bridgehead atoms. The van der Waals surface area contributed by atoms with Gasteiger partial charge in [-0.25, -0.2) is 0 Å². The van der Waals surface area contributed by atoms with Crippen molar-refractivity contribution >= 4 is 21.8 Å². The van der Waals surface area contributed by atoms with Crippen LogP contribution in [0.3, 0.4) is 0 Å². The summed E-state index contributed by atoms with van der Waals surface area (Å²) in [6.45, 7) is -0.541. The van der Waals surface area contributed by atoms with E-state index in [0.29, 0.717) is 11.7 Å². The van der Waals surface area contributed by atoms with Gasteiger partial charge in [0.1, 0.15) is 5.69 Å². The Kier molecular flexibility index (Phi) is 3.86. The Balaban J connectivity index is 2.12. The zero-order valence-electron chi connectivity index (χ0n) is 9.27. The van der Waals surface area contributed by atoms with Crippen molar-refractivity contribution in [2.45, 2.75) is 24.9 Å². The zero-order valence-corrected chi connectivity index (χ0v) is 10.9. The summed E-state index contributed by atoms with van der Waals surface area (Å²) in [4.78, 5) is 12.0. The smallest absolute Gasteiger partial charge is 0.268 e. The van der Waals surface area contributed by atoms with Crippen LogP contribution in [0.2, 0.25) is 0 Å². The summed E-state index contributed by atoms with van der Waals surface area (Å²) < 4.78 is 2.80. The Morgan fingerprint density at radius 1 is 1.53 bits per heavy atom. The molecule has 0 aromatic carbocycles.